The maximum Gasteiger partial charge on any atom is 0.417 e. The van der Waals surface area contributed by atoms with Crippen molar-refractivity contribution in [3.8, 4) is 5.75 Å². The molecule has 0 radical (unpaired) electrons. The molecule has 3 aliphatic rings. The summed E-state index contributed by atoms with van der Waals surface area (Å²) in [6, 6.07) is 4.54. The van der Waals surface area contributed by atoms with Gasteiger partial charge in [-0.25, -0.2) is 4.39 Å². The molecule has 3 N–H and O–H groups in total. The Morgan fingerprint density at radius 1 is 1.27 bits per heavy atom. The third-order valence-electron chi connectivity index (χ3n) is 8.29. The number of fused-ring (bicyclic) bond motifs is 2. The number of benzene rings is 1. The van der Waals surface area contributed by atoms with Crippen molar-refractivity contribution in [1.82, 2.24) is 9.88 Å². The van der Waals surface area contributed by atoms with Gasteiger partial charge in [-0.15, -0.1) is 0 Å². The molecule has 2 aromatic rings. The highest BCUT2D eigenvalue weighted by Crippen LogP contribution is 2.55. The van der Waals surface area contributed by atoms with Gasteiger partial charge in [-0.3, -0.25) is 19.5 Å². The van der Waals surface area contributed by atoms with Gasteiger partial charge in [-0.05, 0) is 31.5 Å². The van der Waals surface area contributed by atoms with Gasteiger partial charge < -0.3 is 25.3 Å². The Balaban J connectivity index is 1.46. The number of nitrogens with two attached hydrogens (primary N) is 1. The van der Waals surface area contributed by atoms with Crippen LogP contribution in [-0.4, -0.2) is 78.0 Å². The van der Waals surface area contributed by atoms with Crippen LogP contribution in [0.4, 0.5) is 27.6 Å². The minimum absolute atomic E-state index is 0.0278. The predicted octanol–water partition coefficient (Wildman–Crippen LogP) is 3.39. The van der Waals surface area contributed by atoms with Crippen LogP contribution in [0.25, 0.3) is 0 Å². The molecule has 0 spiro atoms. The Morgan fingerprint density at radius 3 is 2.66 bits per heavy atom. The van der Waals surface area contributed by atoms with Crippen molar-refractivity contribution in [2.24, 2.45) is 11.7 Å². The van der Waals surface area contributed by atoms with Gasteiger partial charge >= 0.3 is 6.18 Å². The number of likely N-dealkylation sites (tertiary alicyclic amines) is 1. The Labute approximate surface area is 232 Å². The number of nitrogens with zero attached hydrogens (tertiary/aromatic N) is 2. The summed E-state index contributed by atoms with van der Waals surface area (Å²) in [5.74, 6) is -7.89. The highest BCUT2D eigenvalue weighted by atomic mass is 19.4. The zero-order valence-corrected chi connectivity index (χ0v) is 22.2. The quantitative estimate of drug-likeness (QED) is 0.457. The number of carbonyl (C=O) groups excluding carboxylic acids is 2. The molecule has 2 amide bonds. The molecule has 0 saturated carbocycles. The van der Waals surface area contributed by atoms with E-state index in [0.29, 0.717) is 19.7 Å². The number of pyridine rings is 1. The fourth-order valence-corrected chi connectivity index (χ4v) is 5.85. The fourth-order valence-electron chi connectivity index (χ4n) is 5.85. The number of rotatable bonds is 8. The fraction of sp³-hybridized carbons (Fsp3) is 0.519. The summed E-state index contributed by atoms with van der Waals surface area (Å²) < 4.78 is 89.1. The number of nitrogens with one attached hydrogen (secondary N) is 1. The SMILES string of the molecule is C[C@H]1[C@@H](c2ccc(F)c(F)c2OCCN2C[C@@H]3C[C@H]2CO3)[C@H](C(=O)Nc2ccnc(C(N)=O)c2)O[C@@]1(C)C(F)(F)F. The first-order valence-electron chi connectivity index (χ1n) is 13.1. The summed E-state index contributed by atoms with van der Waals surface area (Å²) >= 11 is 0. The van der Waals surface area contributed by atoms with Crippen LogP contribution in [-0.2, 0) is 14.3 Å². The molecule has 0 unspecified atom stereocenters. The van der Waals surface area contributed by atoms with Gasteiger partial charge in [-0.1, -0.05) is 13.0 Å². The van der Waals surface area contributed by atoms with E-state index in [2.05, 4.69) is 15.2 Å². The Morgan fingerprint density at radius 2 is 2.02 bits per heavy atom. The zero-order valence-electron chi connectivity index (χ0n) is 22.2. The average Bonchev–Trinajstić information content (AvgIpc) is 3.61. The first-order valence-corrected chi connectivity index (χ1v) is 13.1. The lowest BCUT2D eigenvalue weighted by molar-refractivity contribution is -0.272. The van der Waals surface area contributed by atoms with Gasteiger partial charge in [0.2, 0.25) is 5.82 Å². The molecule has 222 valence electrons. The molecule has 2 bridgehead atoms. The summed E-state index contributed by atoms with van der Waals surface area (Å²) in [4.78, 5) is 30.7. The standard InChI is InChI=1S/C27H29F5N4O5/c1-13-20(17-3-4-18(28)21(29)22(17)39-8-7-36-11-16-10-15(36)12-40-16)23(41-26(13,2)27(30,31)32)25(38)35-14-5-6-34-19(9-14)24(33)37/h3-6,9,13,15-16,20,23H,7-8,10-12H2,1-2H3,(H2,33,37)(H,34,35,38)/t13-,15-,16-,20-,23+,26+/m0/s1. The Bertz CT molecular complexity index is 1340. The summed E-state index contributed by atoms with van der Waals surface area (Å²) in [5, 5.41) is 2.42. The largest absolute Gasteiger partial charge is 0.489 e. The molecule has 9 nitrogen and oxygen atoms in total. The van der Waals surface area contributed by atoms with E-state index in [0.717, 1.165) is 31.5 Å². The van der Waals surface area contributed by atoms with Crippen molar-refractivity contribution in [3.05, 3.63) is 53.4 Å². The number of amides is 2. The number of carbonyl (C=O) groups is 2. The van der Waals surface area contributed by atoms with Crippen LogP contribution in [0.1, 0.15) is 42.2 Å². The first kappa shape index (κ1) is 29.1. The molecule has 14 heteroatoms. The van der Waals surface area contributed by atoms with Crippen molar-refractivity contribution < 1.29 is 45.8 Å². The molecule has 1 aromatic carbocycles. The predicted molar refractivity (Wildman–Crippen MR) is 134 cm³/mol. The van der Waals surface area contributed by atoms with Gasteiger partial charge in [0.1, 0.15) is 18.4 Å². The second-order valence-corrected chi connectivity index (χ2v) is 10.7. The average molecular weight is 585 g/mol. The van der Waals surface area contributed by atoms with E-state index in [4.69, 9.17) is 19.9 Å². The monoisotopic (exact) mass is 584 g/mol. The third kappa shape index (κ3) is 5.35. The Hall–Kier alpha value is -3.36. The van der Waals surface area contributed by atoms with Gasteiger partial charge in [0.15, 0.2) is 17.2 Å². The molecule has 1 aromatic heterocycles. The van der Waals surface area contributed by atoms with Crippen molar-refractivity contribution >= 4 is 17.5 Å². The number of halogens is 5. The van der Waals surface area contributed by atoms with Crippen molar-refractivity contribution in [1.29, 1.82) is 0 Å². The Kier molecular flexibility index (Phi) is 7.68. The number of hydrogen-bond acceptors (Lipinski definition) is 7. The molecule has 3 saturated heterocycles. The van der Waals surface area contributed by atoms with E-state index in [1.54, 1.807) is 0 Å². The van der Waals surface area contributed by atoms with Crippen LogP contribution < -0.4 is 15.8 Å². The molecule has 3 aliphatic heterocycles. The van der Waals surface area contributed by atoms with Crippen molar-refractivity contribution in [2.45, 2.75) is 56.2 Å². The minimum Gasteiger partial charge on any atom is -0.489 e. The van der Waals surface area contributed by atoms with Crippen LogP contribution in [0.3, 0.4) is 0 Å². The van der Waals surface area contributed by atoms with Gasteiger partial charge in [-0.2, -0.15) is 17.6 Å². The second kappa shape index (κ2) is 10.8. The first-order chi connectivity index (χ1) is 19.3. The zero-order chi connectivity index (χ0) is 29.7. The number of morpholine rings is 1. The lowest BCUT2D eigenvalue weighted by atomic mass is 9.77. The number of alkyl halides is 3. The topological polar surface area (TPSA) is 116 Å². The van der Waals surface area contributed by atoms with E-state index in [1.807, 2.05) is 0 Å². The molecular weight excluding hydrogens is 555 g/mol. The molecule has 4 heterocycles. The van der Waals surface area contributed by atoms with E-state index >= 15 is 4.39 Å². The van der Waals surface area contributed by atoms with Gasteiger partial charge in [0.25, 0.3) is 11.8 Å². The minimum atomic E-state index is -4.91. The number of ether oxygens (including phenoxy) is 3. The molecule has 3 fully saturated rings. The summed E-state index contributed by atoms with van der Waals surface area (Å²) in [6.07, 6.45) is -4.55. The van der Waals surface area contributed by atoms with Gasteiger partial charge in [0, 0.05) is 48.4 Å². The number of hydrogen-bond donors (Lipinski definition) is 2. The van der Waals surface area contributed by atoms with E-state index in [9.17, 15) is 27.2 Å². The number of primary amides is 1. The summed E-state index contributed by atoms with van der Waals surface area (Å²) in [5.41, 5.74) is 2.12. The molecule has 5 rings (SSSR count). The molecule has 0 aliphatic carbocycles. The lowest BCUT2D eigenvalue weighted by Crippen LogP contribution is -2.47. The number of anilines is 1. The van der Waals surface area contributed by atoms with Crippen molar-refractivity contribution in [3.63, 3.8) is 0 Å². The lowest BCUT2D eigenvalue weighted by Gasteiger charge is -2.32. The van der Waals surface area contributed by atoms with Crippen LogP contribution >= 0.6 is 0 Å². The maximum absolute atomic E-state index is 15.2. The van der Waals surface area contributed by atoms with Crippen LogP contribution in [0.15, 0.2) is 30.5 Å². The molecule has 6 atom stereocenters. The van der Waals surface area contributed by atoms with Crippen LogP contribution in [0.5, 0.6) is 5.75 Å². The normalized spacial score (nSPS) is 29.6. The van der Waals surface area contributed by atoms with E-state index < -0.39 is 58.9 Å². The highest BCUT2D eigenvalue weighted by molar-refractivity contribution is 5.97. The summed E-state index contributed by atoms with van der Waals surface area (Å²) in [6.45, 7) is 3.56. The molecular formula is C27H29F5N4O5. The number of aromatic nitrogens is 1. The maximum atomic E-state index is 15.2. The second-order valence-electron chi connectivity index (χ2n) is 10.7. The van der Waals surface area contributed by atoms with Crippen LogP contribution in [0, 0.1) is 17.6 Å². The van der Waals surface area contributed by atoms with E-state index in [-0.39, 0.29) is 35.7 Å². The van der Waals surface area contributed by atoms with Crippen molar-refractivity contribution in [2.75, 3.05) is 31.6 Å². The highest BCUT2D eigenvalue weighted by Gasteiger charge is 2.66. The molecule has 41 heavy (non-hydrogen) atoms. The van der Waals surface area contributed by atoms with E-state index in [1.165, 1.54) is 19.2 Å². The third-order valence-corrected chi connectivity index (χ3v) is 8.29. The smallest absolute Gasteiger partial charge is 0.417 e. The summed E-state index contributed by atoms with van der Waals surface area (Å²) in [7, 11) is 0. The van der Waals surface area contributed by atoms with Gasteiger partial charge in [0.05, 0.1) is 12.7 Å². The van der Waals surface area contributed by atoms with Crippen LogP contribution in [0.2, 0.25) is 0 Å².